The van der Waals surface area contributed by atoms with Gasteiger partial charge >= 0.3 is 0 Å². The van der Waals surface area contributed by atoms with Crippen LogP contribution in [0.3, 0.4) is 0 Å². The second-order valence-electron chi connectivity index (χ2n) is 4.37. The Bertz CT molecular complexity index is 583. The lowest BCUT2D eigenvalue weighted by molar-refractivity contribution is -0.128. The zero-order chi connectivity index (χ0) is 14.8. The van der Waals surface area contributed by atoms with Crippen molar-refractivity contribution in [1.82, 2.24) is 19.6 Å². The number of H-pyrrole nitrogens is 1. The third-order valence-corrected chi connectivity index (χ3v) is 4.97. The first-order valence-electron chi connectivity index (χ1n) is 6.35. The van der Waals surface area contributed by atoms with E-state index >= 15 is 0 Å². The highest BCUT2D eigenvalue weighted by molar-refractivity contribution is 7.89. The maximum absolute atomic E-state index is 12.6. The number of aryl methyl sites for hydroxylation is 1. The van der Waals surface area contributed by atoms with Crippen LogP contribution in [0.2, 0.25) is 0 Å². The predicted octanol–water partition coefficient (Wildman–Crippen LogP) is -0.892. The maximum Gasteiger partial charge on any atom is 0.261 e. The number of hydrogen-bond acceptors (Lipinski definition) is 5. The molecule has 1 aliphatic rings. The molecule has 1 fully saturated rings. The van der Waals surface area contributed by atoms with Gasteiger partial charge in [-0.3, -0.25) is 4.79 Å². The predicted molar refractivity (Wildman–Crippen MR) is 70.5 cm³/mol. The van der Waals surface area contributed by atoms with Crippen molar-refractivity contribution >= 4 is 15.9 Å². The number of imidazole rings is 1. The topological polar surface area (TPSA) is 104 Å². The summed E-state index contributed by atoms with van der Waals surface area (Å²) in [4.78, 5) is 18.6. The molecule has 0 radical (unpaired) electrons. The van der Waals surface area contributed by atoms with E-state index in [1.54, 1.807) is 0 Å². The summed E-state index contributed by atoms with van der Waals surface area (Å²) in [6.07, 6.45) is 1.89. The average molecular weight is 302 g/mol. The summed E-state index contributed by atoms with van der Waals surface area (Å²) < 4.78 is 31.5. The van der Waals surface area contributed by atoms with Crippen LogP contribution >= 0.6 is 0 Å². The average Bonchev–Trinajstić information content (AvgIpc) is 2.96. The minimum Gasteiger partial charge on any atom is -0.378 e. The van der Waals surface area contributed by atoms with Gasteiger partial charge in [0.15, 0.2) is 5.03 Å². The van der Waals surface area contributed by atoms with Crippen LogP contribution in [-0.2, 0) is 26.0 Å². The number of hydrogen-bond donors (Lipinski definition) is 2. The Kier molecular flexibility index (Phi) is 4.41. The monoisotopic (exact) mass is 302 g/mol. The van der Waals surface area contributed by atoms with Gasteiger partial charge in [-0.05, 0) is 0 Å². The SMILES string of the molecule is CCc1ncc(S(=O)(=O)N2CCOCC2C(=O)NC)[nH]1. The molecule has 1 aliphatic heterocycles. The van der Waals surface area contributed by atoms with Gasteiger partial charge in [-0.2, -0.15) is 4.31 Å². The largest absolute Gasteiger partial charge is 0.378 e. The summed E-state index contributed by atoms with van der Waals surface area (Å²) in [6.45, 7) is 2.33. The second-order valence-corrected chi connectivity index (χ2v) is 6.23. The van der Waals surface area contributed by atoms with Gasteiger partial charge in [-0.25, -0.2) is 13.4 Å². The highest BCUT2D eigenvalue weighted by Crippen LogP contribution is 2.19. The van der Waals surface area contributed by atoms with Gasteiger partial charge in [-0.15, -0.1) is 0 Å². The molecular weight excluding hydrogens is 284 g/mol. The summed E-state index contributed by atoms with van der Waals surface area (Å²) in [6, 6.07) is -0.855. The first-order chi connectivity index (χ1) is 9.50. The number of aromatic nitrogens is 2. The van der Waals surface area contributed by atoms with E-state index in [0.717, 1.165) is 4.31 Å². The number of nitrogens with zero attached hydrogens (tertiary/aromatic N) is 2. The number of morpholine rings is 1. The number of ether oxygens (including phenoxy) is 1. The molecule has 2 rings (SSSR count). The Morgan fingerprint density at radius 1 is 1.65 bits per heavy atom. The summed E-state index contributed by atoms with van der Waals surface area (Å²) in [5, 5.41) is 2.46. The van der Waals surface area contributed by atoms with Crippen LogP contribution in [0, 0.1) is 0 Å². The van der Waals surface area contributed by atoms with Crippen molar-refractivity contribution < 1.29 is 17.9 Å². The van der Waals surface area contributed by atoms with Gasteiger partial charge < -0.3 is 15.0 Å². The molecule has 20 heavy (non-hydrogen) atoms. The van der Waals surface area contributed by atoms with Crippen LogP contribution in [-0.4, -0.2) is 61.4 Å². The lowest BCUT2D eigenvalue weighted by Gasteiger charge is -2.32. The molecule has 0 spiro atoms. The van der Waals surface area contributed by atoms with Crippen molar-refractivity contribution in [2.45, 2.75) is 24.4 Å². The van der Waals surface area contributed by atoms with Crippen molar-refractivity contribution in [3.63, 3.8) is 0 Å². The van der Waals surface area contributed by atoms with Crippen molar-refractivity contribution in [3.8, 4) is 0 Å². The van der Waals surface area contributed by atoms with E-state index in [2.05, 4.69) is 15.3 Å². The summed E-state index contributed by atoms with van der Waals surface area (Å²) in [5.74, 6) is 0.205. The quantitative estimate of drug-likeness (QED) is 0.750. The molecule has 0 aromatic carbocycles. The number of likely N-dealkylation sites (N-methyl/N-ethyl adjacent to an activating group) is 1. The van der Waals surface area contributed by atoms with Crippen LogP contribution in [0.1, 0.15) is 12.7 Å². The lowest BCUT2D eigenvalue weighted by atomic mass is 10.2. The summed E-state index contributed by atoms with van der Waals surface area (Å²) in [7, 11) is -2.32. The second kappa shape index (κ2) is 5.90. The number of rotatable bonds is 4. The zero-order valence-electron chi connectivity index (χ0n) is 11.4. The Hall–Kier alpha value is -1.45. The maximum atomic E-state index is 12.6. The molecule has 0 aliphatic carbocycles. The van der Waals surface area contributed by atoms with Gasteiger partial charge in [-0.1, -0.05) is 6.92 Å². The first-order valence-corrected chi connectivity index (χ1v) is 7.79. The molecule has 0 bridgehead atoms. The number of amides is 1. The molecule has 1 aromatic rings. The molecule has 2 heterocycles. The van der Waals surface area contributed by atoms with Crippen LogP contribution < -0.4 is 5.32 Å². The third-order valence-electron chi connectivity index (χ3n) is 3.16. The first kappa shape index (κ1) is 14.9. The van der Waals surface area contributed by atoms with Crippen molar-refractivity contribution in [2.24, 2.45) is 0 Å². The van der Waals surface area contributed by atoms with Crippen LogP contribution in [0.5, 0.6) is 0 Å². The fraction of sp³-hybridized carbons (Fsp3) is 0.636. The lowest BCUT2D eigenvalue weighted by Crippen LogP contribution is -2.55. The minimum atomic E-state index is -3.78. The van der Waals surface area contributed by atoms with E-state index in [1.807, 2.05) is 6.92 Å². The van der Waals surface area contributed by atoms with E-state index in [1.165, 1.54) is 13.2 Å². The molecule has 1 aromatic heterocycles. The normalized spacial score (nSPS) is 20.8. The van der Waals surface area contributed by atoms with Crippen molar-refractivity contribution in [1.29, 1.82) is 0 Å². The number of sulfonamides is 1. The number of carbonyl (C=O) groups is 1. The number of nitrogens with one attached hydrogen (secondary N) is 2. The molecule has 1 atom stereocenters. The Labute approximate surface area is 117 Å². The van der Waals surface area contributed by atoms with Crippen molar-refractivity contribution in [3.05, 3.63) is 12.0 Å². The summed E-state index contributed by atoms with van der Waals surface area (Å²) in [5.41, 5.74) is 0. The Morgan fingerprint density at radius 2 is 2.40 bits per heavy atom. The van der Waals surface area contributed by atoms with Crippen molar-refractivity contribution in [2.75, 3.05) is 26.8 Å². The van der Waals surface area contributed by atoms with E-state index in [9.17, 15) is 13.2 Å². The standard InChI is InChI=1S/C11H18N4O4S/c1-3-9-13-6-10(14-9)20(17,18)15-4-5-19-7-8(15)11(16)12-2/h6,8H,3-5,7H2,1-2H3,(H,12,16)(H,13,14). The van der Waals surface area contributed by atoms with Crippen LogP contribution in [0.4, 0.5) is 0 Å². The number of carbonyl (C=O) groups excluding carboxylic acids is 1. The molecule has 0 saturated carbocycles. The fourth-order valence-corrected chi connectivity index (χ4v) is 3.52. The number of aromatic amines is 1. The molecule has 9 heteroatoms. The molecule has 1 amide bonds. The van der Waals surface area contributed by atoms with Crippen LogP contribution in [0.25, 0.3) is 0 Å². The molecule has 112 valence electrons. The van der Waals surface area contributed by atoms with E-state index in [-0.39, 0.29) is 30.7 Å². The molecule has 2 N–H and O–H groups in total. The smallest absolute Gasteiger partial charge is 0.261 e. The molecular formula is C11H18N4O4S. The van der Waals surface area contributed by atoms with Crippen LogP contribution in [0.15, 0.2) is 11.2 Å². The summed E-state index contributed by atoms with van der Waals surface area (Å²) >= 11 is 0. The van der Waals surface area contributed by atoms with Gasteiger partial charge in [0.25, 0.3) is 10.0 Å². The highest BCUT2D eigenvalue weighted by Gasteiger charge is 2.38. The molecule has 8 nitrogen and oxygen atoms in total. The Morgan fingerprint density at radius 3 is 3.00 bits per heavy atom. The Balaban J connectivity index is 2.32. The third kappa shape index (κ3) is 2.69. The van der Waals surface area contributed by atoms with Gasteiger partial charge in [0.05, 0.1) is 19.4 Å². The van der Waals surface area contributed by atoms with E-state index in [4.69, 9.17) is 4.74 Å². The molecule has 1 saturated heterocycles. The zero-order valence-corrected chi connectivity index (χ0v) is 12.2. The van der Waals surface area contributed by atoms with Gasteiger partial charge in [0.2, 0.25) is 5.91 Å². The van der Waals surface area contributed by atoms with E-state index < -0.39 is 16.1 Å². The van der Waals surface area contributed by atoms with Gasteiger partial charge in [0, 0.05) is 20.0 Å². The fourth-order valence-electron chi connectivity index (χ4n) is 2.03. The van der Waals surface area contributed by atoms with Gasteiger partial charge in [0.1, 0.15) is 11.9 Å². The highest BCUT2D eigenvalue weighted by atomic mass is 32.2. The minimum absolute atomic E-state index is 0.00477. The van der Waals surface area contributed by atoms with E-state index in [0.29, 0.717) is 12.2 Å². The molecule has 1 unspecified atom stereocenters.